The summed E-state index contributed by atoms with van der Waals surface area (Å²) in [5.74, 6) is -1.31. The Bertz CT molecular complexity index is 1060. The first-order valence-electron chi connectivity index (χ1n) is 10.1. The van der Waals surface area contributed by atoms with Gasteiger partial charge >= 0.3 is 6.09 Å². The summed E-state index contributed by atoms with van der Waals surface area (Å²) in [5, 5.41) is 2.33. The van der Waals surface area contributed by atoms with Crippen molar-refractivity contribution >= 4 is 27.7 Å². The standard InChI is InChI=1S/C22H27N3O7S/c1-16-7-6-10-18(13-16)31-15-20(26)24-25-21(27)19(11-12-33(2,29)30)23-22(28)32-14-17-8-4-3-5-9-17/h3-10,13,19H,11-12,14-15H2,1-2H3,(H,23,28)(H,24,26)(H,25,27). The normalized spacial score (nSPS) is 11.7. The van der Waals surface area contributed by atoms with Gasteiger partial charge in [0.05, 0.1) is 5.75 Å². The summed E-state index contributed by atoms with van der Waals surface area (Å²) in [4.78, 5) is 36.5. The molecule has 0 fully saturated rings. The molecule has 3 amide bonds. The molecule has 3 N–H and O–H groups in total. The van der Waals surface area contributed by atoms with Crippen LogP contribution in [0.3, 0.4) is 0 Å². The summed E-state index contributed by atoms with van der Waals surface area (Å²) in [6, 6.07) is 14.7. The average Bonchev–Trinajstić information content (AvgIpc) is 2.77. The maximum atomic E-state index is 12.5. The monoisotopic (exact) mass is 477 g/mol. The van der Waals surface area contributed by atoms with Crippen molar-refractivity contribution in [3.05, 3.63) is 65.7 Å². The van der Waals surface area contributed by atoms with Crippen molar-refractivity contribution in [2.75, 3.05) is 18.6 Å². The van der Waals surface area contributed by atoms with E-state index in [4.69, 9.17) is 9.47 Å². The topological polar surface area (TPSA) is 140 Å². The fraction of sp³-hybridized carbons (Fsp3) is 0.318. The van der Waals surface area contributed by atoms with Gasteiger partial charge in [-0.2, -0.15) is 0 Å². The Balaban J connectivity index is 1.86. The second-order valence-electron chi connectivity index (χ2n) is 7.32. The third-order valence-corrected chi connectivity index (χ3v) is 5.26. The van der Waals surface area contributed by atoms with Gasteiger partial charge in [-0.1, -0.05) is 42.5 Å². The number of aryl methyl sites for hydroxylation is 1. The molecule has 1 unspecified atom stereocenters. The highest BCUT2D eigenvalue weighted by Crippen LogP contribution is 2.11. The van der Waals surface area contributed by atoms with Gasteiger partial charge in [0.2, 0.25) is 0 Å². The Morgan fingerprint density at radius 1 is 1.00 bits per heavy atom. The quantitative estimate of drug-likeness (QED) is 0.438. The summed E-state index contributed by atoms with van der Waals surface area (Å²) >= 11 is 0. The van der Waals surface area contributed by atoms with Crippen LogP contribution in [-0.4, -0.2) is 51.0 Å². The molecular formula is C22H27N3O7S. The lowest BCUT2D eigenvalue weighted by molar-refractivity contribution is -0.131. The second kappa shape index (κ2) is 12.4. The summed E-state index contributed by atoms with van der Waals surface area (Å²) in [6.07, 6.45) is -0.0949. The number of carbonyl (C=O) groups is 3. The smallest absolute Gasteiger partial charge is 0.408 e. The summed E-state index contributed by atoms with van der Waals surface area (Å²) < 4.78 is 33.4. The van der Waals surface area contributed by atoms with E-state index in [9.17, 15) is 22.8 Å². The van der Waals surface area contributed by atoms with Crippen LogP contribution in [0.25, 0.3) is 0 Å². The fourth-order valence-electron chi connectivity index (χ4n) is 2.62. The molecule has 2 rings (SSSR count). The van der Waals surface area contributed by atoms with Gasteiger partial charge in [0.25, 0.3) is 11.8 Å². The molecule has 178 valence electrons. The summed E-state index contributed by atoms with van der Waals surface area (Å²) in [6.45, 7) is 1.49. The molecule has 0 saturated heterocycles. The molecule has 33 heavy (non-hydrogen) atoms. The van der Waals surface area contributed by atoms with Gasteiger partial charge in [-0.05, 0) is 36.6 Å². The molecule has 0 aliphatic heterocycles. The van der Waals surface area contributed by atoms with E-state index < -0.39 is 33.8 Å². The maximum absolute atomic E-state index is 12.5. The average molecular weight is 478 g/mol. The lowest BCUT2D eigenvalue weighted by Gasteiger charge is -2.18. The van der Waals surface area contributed by atoms with E-state index >= 15 is 0 Å². The first-order chi connectivity index (χ1) is 15.6. The number of sulfone groups is 1. The second-order valence-corrected chi connectivity index (χ2v) is 9.58. The third-order valence-electron chi connectivity index (χ3n) is 4.28. The lowest BCUT2D eigenvalue weighted by Crippen LogP contribution is -2.53. The molecule has 0 spiro atoms. The van der Waals surface area contributed by atoms with Crippen molar-refractivity contribution in [3.63, 3.8) is 0 Å². The minimum absolute atomic E-state index is 0.0277. The first kappa shape index (κ1) is 25.7. The van der Waals surface area contributed by atoms with Crippen LogP contribution in [0.5, 0.6) is 5.75 Å². The van der Waals surface area contributed by atoms with Gasteiger partial charge < -0.3 is 14.8 Å². The maximum Gasteiger partial charge on any atom is 0.408 e. The molecule has 0 saturated carbocycles. The number of ether oxygens (including phenoxy) is 2. The predicted octanol–water partition coefficient (Wildman–Crippen LogP) is 1.25. The zero-order chi connectivity index (χ0) is 24.3. The van der Waals surface area contributed by atoms with Crippen molar-refractivity contribution < 1.29 is 32.3 Å². The van der Waals surface area contributed by atoms with Gasteiger partial charge in [-0.3, -0.25) is 20.4 Å². The van der Waals surface area contributed by atoms with E-state index in [0.717, 1.165) is 17.4 Å². The SMILES string of the molecule is Cc1cccc(OCC(=O)NNC(=O)C(CCS(C)(=O)=O)NC(=O)OCc2ccccc2)c1. The van der Waals surface area contributed by atoms with E-state index in [2.05, 4.69) is 16.2 Å². The predicted molar refractivity (Wildman–Crippen MR) is 121 cm³/mol. The number of hydrogen-bond donors (Lipinski definition) is 3. The van der Waals surface area contributed by atoms with Gasteiger partial charge in [-0.25, -0.2) is 13.2 Å². The highest BCUT2D eigenvalue weighted by atomic mass is 32.2. The molecule has 0 aliphatic carbocycles. The third kappa shape index (κ3) is 10.5. The Morgan fingerprint density at radius 3 is 2.39 bits per heavy atom. The van der Waals surface area contributed by atoms with Gasteiger partial charge in [-0.15, -0.1) is 0 Å². The Morgan fingerprint density at radius 2 is 1.73 bits per heavy atom. The number of carbonyl (C=O) groups excluding carboxylic acids is 3. The van der Waals surface area contributed by atoms with Gasteiger partial charge in [0, 0.05) is 6.26 Å². The number of nitrogens with one attached hydrogen (secondary N) is 3. The summed E-state index contributed by atoms with van der Waals surface area (Å²) in [7, 11) is -3.40. The van der Waals surface area contributed by atoms with Crippen LogP contribution >= 0.6 is 0 Å². The van der Waals surface area contributed by atoms with Gasteiger partial charge in [0.1, 0.15) is 28.2 Å². The van der Waals surface area contributed by atoms with Crippen molar-refractivity contribution in [3.8, 4) is 5.75 Å². The molecule has 0 aromatic heterocycles. The number of hydrogen-bond acceptors (Lipinski definition) is 7. The van der Waals surface area contributed by atoms with Crippen molar-refractivity contribution in [1.82, 2.24) is 16.2 Å². The Hall–Kier alpha value is -3.60. The summed E-state index contributed by atoms with van der Waals surface area (Å²) in [5.41, 5.74) is 6.03. The number of rotatable bonds is 10. The van der Waals surface area contributed by atoms with Gasteiger partial charge in [0.15, 0.2) is 6.61 Å². The largest absolute Gasteiger partial charge is 0.484 e. The highest BCUT2D eigenvalue weighted by molar-refractivity contribution is 7.90. The highest BCUT2D eigenvalue weighted by Gasteiger charge is 2.23. The molecule has 0 heterocycles. The van der Waals surface area contributed by atoms with Crippen molar-refractivity contribution in [2.45, 2.75) is 26.0 Å². The van der Waals surface area contributed by atoms with Crippen LogP contribution in [0.4, 0.5) is 4.79 Å². The molecule has 10 nitrogen and oxygen atoms in total. The van der Waals surface area contributed by atoms with Crippen LogP contribution in [-0.2, 0) is 30.8 Å². The van der Waals surface area contributed by atoms with Crippen LogP contribution in [0, 0.1) is 6.92 Å². The Labute approximate surface area is 192 Å². The first-order valence-corrected chi connectivity index (χ1v) is 12.1. The zero-order valence-corrected chi connectivity index (χ0v) is 19.2. The van der Waals surface area contributed by atoms with E-state index in [-0.39, 0.29) is 25.4 Å². The number of amides is 3. The minimum Gasteiger partial charge on any atom is -0.484 e. The molecule has 2 aromatic rings. The van der Waals surface area contributed by atoms with Crippen LogP contribution in [0.1, 0.15) is 17.5 Å². The van der Waals surface area contributed by atoms with E-state index in [1.165, 1.54) is 0 Å². The van der Waals surface area contributed by atoms with E-state index in [0.29, 0.717) is 5.75 Å². The Kier molecular flexibility index (Phi) is 9.67. The fourth-order valence-corrected chi connectivity index (χ4v) is 3.28. The van der Waals surface area contributed by atoms with E-state index in [1.807, 2.05) is 19.1 Å². The number of hydrazine groups is 1. The molecular weight excluding hydrogens is 450 g/mol. The van der Waals surface area contributed by atoms with Crippen LogP contribution in [0.15, 0.2) is 54.6 Å². The van der Waals surface area contributed by atoms with Crippen LogP contribution < -0.4 is 20.9 Å². The van der Waals surface area contributed by atoms with E-state index in [1.54, 1.807) is 42.5 Å². The number of benzene rings is 2. The molecule has 0 bridgehead atoms. The molecule has 0 radical (unpaired) electrons. The molecule has 1 atom stereocenters. The van der Waals surface area contributed by atoms with Crippen LogP contribution in [0.2, 0.25) is 0 Å². The zero-order valence-electron chi connectivity index (χ0n) is 18.4. The van der Waals surface area contributed by atoms with Crippen molar-refractivity contribution in [2.24, 2.45) is 0 Å². The minimum atomic E-state index is -3.40. The molecule has 2 aromatic carbocycles. The molecule has 11 heteroatoms. The lowest BCUT2D eigenvalue weighted by atomic mass is 10.2. The number of alkyl carbamates (subject to hydrolysis) is 1. The molecule has 0 aliphatic rings. The van der Waals surface area contributed by atoms with Crippen molar-refractivity contribution in [1.29, 1.82) is 0 Å².